The molecule has 0 saturated heterocycles. The summed E-state index contributed by atoms with van der Waals surface area (Å²) in [6, 6.07) is 7.33. The number of imide groups is 1. The second kappa shape index (κ2) is 5.27. The van der Waals surface area contributed by atoms with Gasteiger partial charge in [-0.3, -0.25) is 4.79 Å². The number of fused-ring (bicyclic) bond motifs is 1. The molecule has 2 amide bonds. The molecule has 0 spiro atoms. The van der Waals surface area contributed by atoms with Crippen LogP contribution in [0.5, 0.6) is 0 Å². The zero-order valence-electron chi connectivity index (χ0n) is 12.5. The predicted molar refractivity (Wildman–Crippen MR) is 77.6 cm³/mol. The second-order valence-electron chi connectivity index (χ2n) is 5.72. The molecule has 0 saturated carbocycles. The van der Waals surface area contributed by atoms with Crippen molar-refractivity contribution >= 4 is 17.7 Å². The summed E-state index contributed by atoms with van der Waals surface area (Å²) >= 11 is 0. The number of rotatable bonds is 3. The molecule has 1 aromatic carbocycles. The van der Waals surface area contributed by atoms with Gasteiger partial charge in [-0.15, -0.1) is 0 Å². The second-order valence-corrected chi connectivity index (χ2v) is 5.72. The fraction of sp³-hybridized carbons (Fsp3) is 0.500. The SMILES string of the molecule is CCC(C)(OC(=O)N1C(=O)Cc2ccccc21)C(C)C. The highest BCUT2D eigenvalue weighted by Gasteiger charge is 2.38. The Morgan fingerprint density at radius 3 is 2.65 bits per heavy atom. The molecule has 0 radical (unpaired) electrons. The standard InChI is InChI=1S/C16H21NO3/c1-5-16(4,11(2)3)20-15(19)17-13-9-7-6-8-12(13)10-14(17)18/h6-9,11H,5,10H2,1-4H3. The number of amides is 2. The molecule has 20 heavy (non-hydrogen) atoms. The van der Waals surface area contributed by atoms with Gasteiger partial charge in [-0.1, -0.05) is 39.0 Å². The largest absolute Gasteiger partial charge is 0.442 e. The number of carbonyl (C=O) groups excluding carboxylic acids is 2. The first-order chi connectivity index (χ1) is 9.39. The molecular formula is C16H21NO3. The smallest absolute Gasteiger partial charge is 0.421 e. The molecule has 4 heteroatoms. The zero-order chi connectivity index (χ0) is 14.9. The van der Waals surface area contributed by atoms with Crippen LogP contribution in [-0.4, -0.2) is 17.6 Å². The van der Waals surface area contributed by atoms with Gasteiger partial charge in [-0.2, -0.15) is 0 Å². The van der Waals surface area contributed by atoms with Crippen molar-refractivity contribution in [3.63, 3.8) is 0 Å². The Kier molecular flexibility index (Phi) is 3.84. The first-order valence-electron chi connectivity index (χ1n) is 7.03. The van der Waals surface area contributed by atoms with E-state index in [2.05, 4.69) is 0 Å². The van der Waals surface area contributed by atoms with E-state index in [1.165, 1.54) is 0 Å². The maximum Gasteiger partial charge on any atom is 0.421 e. The van der Waals surface area contributed by atoms with Gasteiger partial charge < -0.3 is 4.74 Å². The van der Waals surface area contributed by atoms with E-state index in [-0.39, 0.29) is 18.2 Å². The number of benzene rings is 1. The van der Waals surface area contributed by atoms with Gasteiger partial charge in [-0.25, -0.2) is 9.69 Å². The van der Waals surface area contributed by atoms with Crippen LogP contribution in [0.2, 0.25) is 0 Å². The van der Waals surface area contributed by atoms with Gasteiger partial charge in [0.05, 0.1) is 12.1 Å². The highest BCUT2D eigenvalue weighted by Crippen LogP contribution is 2.32. The molecule has 1 unspecified atom stereocenters. The molecule has 0 bridgehead atoms. The fourth-order valence-electron chi connectivity index (χ4n) is 2.30. The van der Waals surface area contributed by atoms with Crippen molar-refractivity contribution in [2.45, 2.75) is 46.1 Å². The monoisotopic (exact) mass is 275 g/mol. The van der Waals surface area contributed by atoms with Crippen LogP contribution in [0.25, 0.3) is 0 Å². The van der Waals surface area contributed by atoms with Gasteiger partial charge in [-0.05, 0) is 30.9 Å². The lowest BCUT2D eigenvalue weighted by molar-refractivity contribution is -0.117. The summed E-state index contributed by atoms with van der Waals surface area (Å²) in [5, 5.41) is 0. The molecule has 0 fully saturated rings. The van der Waals surface area contributed by atoms with Crippen LogP contribution in [-0.2, 0) is 16.0 Å². The summed E-state index contributed by atoms with van der Waals surface area (Å²) in [6.45, 7) is 7.90. The number of para-hydroxylation sites is 1. The first kappa shape index (κ1) is 14.6. The number of ether oxygens (including phenoxy) is 1. The molecule has 108 valence electrons. The lowest BCUT2D eigenvalue weighted by atomic mass is 9.90. The number of carbonyl (C=O) groups is 2. The summed E-state index contributed by atoms with van der Waals surface area (Å²) in [5.41, 5.74) is 0.955. The van der Waals surface area contributed by atoms with E-state index < -0.39 is 11.7 Å². The van der Waals surface area contributed by atoms with Crippen LogP contribution in [0.4, 0.5) is 10.5 Å². The molecule has 1 aliphatic heterocycles. The van der Waals surface area contributed by atoms with Crippen LogP contribution in [0.3, 0.4) is 0 Å². The fourth-order valence-corrected chi connectivity index (χ4v) is 2.30. The van der Waals surface area contributed by atoms with E-state index in [0.717, 1.165) is 10.5 Å². The van der Waals surface area contributed by atoms with E-state index >= 15 is 0 Å². The summed E-state index contributed by atoms with van der Waals surface area (Å²) in [5.74, 6) is -0.0391. The number of nitrogens with zero attached hydrogens (tertiary/aromatic N) is 1. The van der Waals surface area contributed by atoms with Crippen molar-refractivity contribution in [2.75, 3.05) is 4.90 Å². The average Bonchev–Trinajstić information content (AvgIpc) is 2.74. The Morgan fingerprint density at radius 2 is 2.05 bits per heavy atom. The molecule has 1 aliphatic rings. The third-order valence-electron chi connectivity index (χ3n) is 4.25. The van der Waals surface area contributed by atoms with Gasteiger partial charge in [0.2, 0.25) is 5.91 Å². The van der Waals surface area contributed by atoms with Crippen molar-refractivity contribution in [3.8, 4) is 0 Å². The molecule has 0 N–H and O–H groups in total. The molecule has 1 heterocycles. The third kappa shape index (κ3) is 2.42. The molecule has 1 aromatic rings. The van der Waals surface area contributed by atoms with Gasteiger partial charge in [0.15, 0.2) is 0 Å². The van der Waals surface area contributed by atoms with E-state index in [9.17, 15) is 9.59 Å². The topological polar surface area (TPSA) is 46.6 Å². The van der Waals surface area contributed by atoms with Gasteiger partial charge >= 0.3 is 6.09 Å². The molecule has 4 nitrogen and oxygen atoms in total. The summed E-state index contributed by atoms with van der Waals surface area (Å²) in [6.07, 6.45) is 0.397. The highest BCUT2D eigenvalue weighted by atomic mass is 16.6. The molecule has 0 aromatic heterocycles. The predicted octanol–water partition coefficient (Wildman–Crippen LogP) is 3.54. The maximum absolute atomic E-state index is 12.4. The molecular weight excluding hydrogens is 254 g/mol. The van der Waals surface area contributed by atoms with Crippen molar-refractivity contribution in [2.24, 2.45) is 5.92 Å². The maximum atomic E-state index is 12.4. The van der Waals surface area contributed by atoms with Crippen molar-refractivity contribution in [1.82, 2.24) is 0 Å². The molecule has 2 rings (SSSR count). The van der Waals surface area contributed by atoms with E-state index in [4.69, 9.17) is 4.74 Å². The lowest BCUT2D eigenvalue weighted by Crippen LogP contribution is -2.43. The lowest BCUT2D eigenvalue weighted by Gasteiger charge is -2.33. The van der Waals surface area contributed by atoms with Crippen molar-refractivity contribution in [3.05, 3.63) is 29.8 Å². The minimum absolute atomic E-state index is 0.185. The number of hydrogen-bond donors (Lipinski definition) is 0. The van der Waals surface area contributed by atoms with Crippen LogP contribution in [0.15, 0.2) is 24.3 Å². The Hall–Kier alpha value is -1.84. The Labute approximate surface area is 119 Å². The van der Waals surface area contributed by atoms with Crippen LogP contribution < -0.4 is 4.90 Å². The van der Waals surface area contributed by atoms with Gasteiger partial charge in [0.1, 0.15) is 5.60 Å². The first-order valence-corrected chi connectivity index (χ1v) is 7.03. The minimum atomic E-state index is -0.571. The molecule has 0 aliphatic carbocycles. The quantitative estimate of drug-likeness (QED) is 0.847. The summed E-state index contributed by atoms with van der Waals surface area (Å²) in [4.78, 5) is 25.6. The van der Waals surface area contributed by atoms with E-state index in [1.807, 2.05) is 45.9 Å². The normalized spacial score (nSPS) is 17.1. The Balaban J connectivity index is 2.24. The molecule has 1 atom stereocenters. The van der Waals surface area contributed by atoms with E-state index in [1.54, 1.807) is 6.07 Å². The van der Waals surface area contributed by atoms with Crippen molar-refractivity contribution < 1.29 is 14.3 Å². The van der Waals surface area contributed by atoms with Gasteiger partial charge in [0, 0.05) is 0 Å². The summed E-state index contributed by atoms with van der Waals surface area (Å²) < 4.78 is 5.63. The average molecular weight is 275 g/mol. The third-order valence-corrected chi connectivity index (χ3v) is 4.25. The van der Waals surface area contributed by atoms with Crippen LogP contribution in [0, 0.1) is 5.92 Å². The minimum Gasteiger partial charge on any atom is -0.442 e. The number of anilines is 1. The highest BCUT2D eigenvalue weighted by molar-refractivity contribution is 6.17. The number of hydrogen-bond acceptors (Lipinski definition) is 3. The zero-order valence-corrected chi connectivity index (χ0v) is 12.5. The Morgan fingerprint density at radius 1 is 1.40 bits per heavy atom. The van der Waals surface area contributed by atoms with Crippen LogP contribution >= 0.6 is 0 Å². The Bertz CT molecular complexity index is 538. The van der Waals surface area contributed by atoms with Gasteiger partial charge in [0.25, 0.3) is 0 Å². The van der Waals surface area contributed by atoms with E-state index in [0.29, 0.717) is 12.1 Å². The summed E-state index contributed by atoms with van der Waals surface area (Å²) in [7, 11) is 0. The van der Waals surface area contributed by atoms with Crippen LogP contribution in [0.1, 0.15) is 39.7 Å². The van der Waals surface area contributed by atoms with Crippen molar-refractivity contribution in [1.29, 1.82) is 0 Å².